The van der Waals surface area contributed by atoms with Gasteiger partial charge >= 0.3 is 0 Å². The zero-order valence-corrected chi connectivity index (χ0v) is 14.9. The summed E-state index contributed by atoms with van der Waals surface area (Å²) in [7, 11) is 5.84. The molecule has 0 saturated carbocycles. The summed E-state index contributed by atoms with van der Waals surface area (Å²) in [6.07, 6.45) is 1.28. The topological polar surface area (TPSA) is 48.1 Å². The molecule has 132 valence electrons. The van der Waals surface area contributed by atoms with Crippen LogP contribution >= 0.6 is 0 Å². The molecule has 1 amide bonds. The van der Waals surface area contributed by atoms with Gasteiger partial charge in [-0.2, -0.15) is 0 Å². The van der Waals surface area contributed by atoms with E-state index in [0.717, 1.165) is 56.4 Å². The van der Waals surface area contributed by atoms with Crippen molar-refractivity contribution in [3.05, 3.63) is 30.9 Å². The third-order valence-corrected chi connectivity index (χ3v) is 4.41. The smallest absolute Gasteiger partial charge is 0.247 e. The molecule has 1 fully saturated rings. The van der Waals surface area contributed by atoms with E-state index >= 15 is 0 Å². The Morgan fingerprint density at radius 1 is 1.38 bits per heavy atom. The molecular weight excluding hydrogens is 304 g/mol. The van der Waals surface area contributed by atoms with Gasteiger partial charge < -0.3 is 19.9 Å². The Morgan fingerprint density at radius 2 is 2.08 bits per heavy atom. The van der Waals surface area contributed by atoms with Crippen LogP contribution in [0.5, 0.6) is 5.75 Å². The van der Waals surface area contributed by atoms with E-state index in [2.05, 4.69) is 33.6 Å². The number of amides is 1. The quantitative estimate of drug-likeness (QED) is 0.767. The standard InChI is InChI=1S/C18H28N4O2/c1-5-18(23)19-16-7-6-15(24-4)14-17(16)21(3)10-13-22-11-8-20(2)9-12-22/h5-7,14H,1,8-13H2,2-4H3,(H,19,23). The average Bonchev–Trinajstić information content (AvgIpc) is 2.61. The molecule has 0 aromatic heterocycles. The molecule has 0 spiro atoms. The second-order valence-electron chi connectivity index (χ2n) is 6.14. The minimum Gasteiger partial charge on any atom is -0.497 e. The summed E-state index contributed by atoms with van der Waals surface area (Å²) in [6, 6.07) is 5.65. The van der Waals surface area contributed by atoms with Gasteiger partial charge in [-0.05, 0) is 25.3 Å². The lowest BCUT2D eigenvalue weighted by atomic mass is 10.2. The van der Waals surface area contributed by atoms with Gasteiger partial charge in [0, 0.05) is 52.4 Å². The fourth-order valence-corrected chi connectivity index (χ4v) is 2.73. The highest BCUT2D eigenvalue weighted by Crippen LogP contribution is 2.29. The summed E-state index contributed by atoms with van der Waals surface area (Å²) in [6.45, 7) is 9.82. The molecule has 0 radical (unpaired) electrons. The van der Waals surface area contributed by atoms with E-state index < -0.39 is 0 Å². The molecule has 24 heavy (non-hydrogen) atoms. The van der Waals surface area contributed by atoms with Crippen LogP contribution in [-0.4, -0.2) is 76.2 Å². The maximum atomic E-state index is 11.7. The zero-order valence-electron chi connectivity index (χ0n) is 14.9. The van der Waals surface area contributed by atoms with Gasteiger partial charge in [0.05, 0.1) is 18.5 Å². The zero-order chi connectivity index (χ0) is 17.5. The molecule has 0 bridgehead atoms. The first kappa shape index (κ1) is 18.3. The van der Waals surface area contributed by atoms with Crippen molar-refractivity contribution in [3.8, 4) is 5.75 Å². The molecule has 1 aromatic rings. The fraction of sp³-hybridized carbons (Fsp3) is 0.500. The van der Waals surface area contributed by atoms with E-state index in [-0.39, 0.29) is 5.91 Å². The van der Waals surface area contributed by atoms with Crippen LogP contribution < -0.4 is 15.0 Å². The summed E-state index contributed by atoms with van der Waals surface area (Å²) in [5.41, 5.74) is 1.71. The van der Waals surface area contributed by atoms with Gasteiger partial charge in [-0.1, -0.05) is 6.58 Å². The largest absolute Gasteiger partial charge is 0.497 e. The van der Waals surface area contributed by atoms with Gasteiger partial charge in [-0.25, -0.2) is 0 Å². The normalized spacial score (nSPS) is 15.8. The Balaban J connectivity index is 2.04. The first-order valence-corrected chi connectivity index (χ1v) is 8.27. The number of hydrogen-bond donors (Lipinski definition) is 1. The molecule has 0 atom stereocenters. The Kier molecular flexibility index (Phi) is 6.63. The second-order valence-corrected chi connectivity index (χ2v) is 6.14. The van der Waals surface area contributed by atoms with Crippen molar-refractivity contribution in [2.75, 3.05) is 70.7 Å². The predicted molar refractivity (Wildman–Crippen MR) is 99.0 cm³/mol. The Bertz CT molecular complexity index is 568. The number of nitrogens with one attached hydrogen (secondary N) is 1. The summed E-state index contributed by atoms with van der Waals surface area (Å²) >= 11 is 0. The van der Waals surface area contributed by atoms with Crippen molar-refractivity contribution in [2.45, 2.75) is 0 Å². The first-order valence-electron chi connectivity index (χ1n) is 8.27. The summed E-state index contributed by atoms with van der Waals surface area (Å²) < 4.78 is 5.32. The molecule has 1 aliphatic heterocycles. The highest BCUT2D eigenvalue weighted by atomic mass is 16.5. The monoisotopic (exact) mass is 332 g/mol. The van der Waals surface area contributed by atoms with E-state index in [1.165, 1.54) is 6.08 Å². The van der Waals surface area contributed by atoms with Crippen LogP contribution in [0.15, 0.2) is 30.9 Å². The lowest BCUT2D eigenvalue weighted by Gasteiger charge is -2.34. The number of anilines is 2. The minimum absolute atomic E-state index is 0.214. The van der Waals surface area contributed by atoms with Crippen molar-refractivity contribution in [2.24, 2.45) is 0 Å². The molecule has 6 heteroatoms. The Morgan fingerprint density at radius 3 is 2.71 bits per heavy atom. The fourth-order valence-electron chi connectivity index (χ4n) is 2.73. The van der Waals surface area contributed by atoms with Gasteiger partial charge in [-0.15, -0.1) is 0 Å². The molecule has 0 unspecified atom stereocenters. The van der Waals surface area contributed by atoms with Crippen LogP contribution in [0, 0.1) is 0 Å². The third kappa shape index (κ3) is 4.97. The molecule has 1 aromatic carbocycles. The van der Waals surface area contributed by atoms with Gasteiger partial charge in [0.2, 0.25) is 5.91 Å². The van der Waals surface area contributed by atoms with E-state index in [4.69, 9.17) is 4.74 Å². The van der Waals surface area contributed by atoms with Crippen LogP contribution in [0.4, 0.5) is 11.4 Å². The molecule has 6 nitrogen and oxygen atoms in total. The number of benzene rings is 1. The van der Waals surface area contributed by atoms with E-state index in [9.17, 15) is 4.79 Å². The van der Waals surface area contributed by atoms with Gasteiger partial charge in [0.1, 0.15) is 5.75 Å². The third-order valence-electron chi connectivity index (χ3n) is 4.41. The van der Waals surface area contributed by atoms with Crippen LogP contribution in [0.3, 0.4) is 0 Å². The van der Waals surface area contributed by atoms with Crippen molar-refractivity contribution < 1.29 is 9.53 Å². The number of likely N-dealkylation sites (N-methyl/N-ethyl adjacent to an activating group) is 2. The molecular formula is C18H28N4O2. The number of ether oxygens (including phenoxy) is 1. The first-order chi connectivity index (χ1) is 11.5. The number of nitrogens with zero attached hydrogens (tertiary/aromatic N) is 3. The van der Waals surface area contributed by atoms with Crippen molar-refractivity contribution in [3.63, 3.8) is 0 Å². The van der Waals surface area contributed by atoms with Gasteiger partial charge in [0.25, 0.3) is 0 Å². The van der Waals surface area contributed by atoms with Crippen LogP contribution in [0.2, 0.25) is 0 Å². The molecule has 2 rings (SSSR count). The van der Waals surface area contributed by atoms with Gasteiger partial charge in [-0.3, -0.25) is 9.69 Å². The SMILES string of the molecule is C=CC(=O)Nc1ccc(OC)cc1N(C)CCN1CCN(C)CC1. The molecule has 1 N–H and O–H groups in total. The maximum Gasteiger partial charge on any atom is 0.247 e. The molecule has 1 aliphatic rings. The predicted octanol–water partition coefficient (Wildman–Crippen LogP) is 1.50. The van der Waals surface area contributed by atoms with Crippen molar-refractivity contribution in [1.82, 2.24) is 9.80 Å². The minimum atomic E-state index is -0.214. The van der Waals surface area contributed by atoms with Crippen molar-refractivity contribution in [1.29, 1.82) is 0 Å². The van der Waals surface area contributed by atoms with Gasteiger partial charge in [0.15, 0.2) is 0 Å². The maximum absolute atomic E-state index is 11.7. The molecule has 1 heterocycles. The van der Waals surface area contributed by atoms with Crippen LogP contribution in [0.25, 0.3) is 0 Å². The number of methoxy groups -OCH3 is 1. The molecule has 0 aliphatic carbocycles. The van der Waals surface area contributed by atoms with Crippen LogP contribution in [-0.2, 0) is 4.79 Å². The lowest BCUT2D eigenvalue weighted by molar-refractivity contribution is -0.111. The number of carbonyl (C=O) groups excluding carboxylic acids is 1. The highest BCUT2D eigenvalue weighted by Gasteiger charge is 2.16. The summed E-state index contributed by atoms with van der Waals surface area (Å²) in [4.78, 5) is 18.6. The van der Waals surface area contributed by atoms with E-state index in [1.54, 1.807) is 7.11 Å². The lowest BCUT2D eigenvalue weighted by Crippen LogP contribution is -2.46. The average molecular weight is 332 g/mol. The highest BCUT2D eigenvalue weighted by molar-refractivity contribution is 6.01. The van der Waals surface area contributed by atoms with Crippen molar-refractivity contribution >= 4 is 17.3 Å². The Labute approximate surface area is 144 Å². The van der Waals surface area contributed by atoms with E-state index in [1.807, 2.05) is 25.2 Å². The number of hydrogen-bond acceptors (Lipinski definition) is 5. The van der Waals surface area contributed by atoms with Crippen LogP contribution in [0.1, 0.15) is 0 Å². The number of rotatable bonds is 7. The number of carbonyl (C=O) groups is 1. The Hall–Kier alpha value is -2.05. The second kappa shape index (κ2) is 8.70. The summed E-state index contributed by atoms with van der Waals surface area (Å²) in [5.74, 6) is 0.557. The number of piperazine rings is 1. The van der Waals surface area contributed by atoms with E-state index in [0.29, 0.717) is 0 Å². The molecule has 1 saturated heterocycles. The summed E-state index contributed by atoms with van der Waals surface area (Å²) in [5, 5.41) is 2.86.